The molecule has 0 fully saturated rings. The first kappa shape index (κ1) is 47.0. The van der Waals surface area contributed by atoms with E-state index in [1.807, 2.05) is 13.0 Å². The van der Waals surface area contributed by atoms with Crippen LogP contribution in [0.3, 0.4) is 0 Å². The Morgan fingerprint density at radius 3 is 1.82 bits per heavy atom. The SMILES string of the molecule is CC(=O)OCOC(=O)CN1CCOCCN(CC(=O)OCOC(C)=O)c2ccc(-c3c4cc(F)c(=O)cc-4oc4cc(OCOC(C)=O)c(F)cc34)cc2OCCOc2cc(C)ccc21. The van der Waals surface area contributed by atoms with Gasteiger partial charge in [0.2, 0.25) is 25.8 Å². The van der Waals surface area contributed by atoms with Gasteiger partial charge in [-0.3, -0.25) is 28.8 Å². The summed E-state index contributed by atoms with van der Waals surface area (Å²) in [5.74, 6) is -5.21. The molecule has 0 atom stereocenters. The van der Waals surface area contributed by atoms with Crippen LogP contribution in [0.2, 0.25) is 0 Å². The summed E-state index contributed by atoms with van der Waals surface area (Å²) in [5, 5.41) is 0.138. The van der Waals surface area contributed by atoms with E-state index in [1.165, 1.54) is 13.0 Å². The van der Waals surface area contributed by atoms with Gasteiger partial charge in [0.15, 0.2) is 17.4 Å². The number of fused-ring (bicyclic) bond motifs is 4. The maximum atomic E-state index is 15.7. The highest BCUT2D eigenvalue weighted by atomic mass is 19.1. The van der Waals surface area contributed by atoms with Crippen molar-refractivity contribution < 1.29 is 79.8 Å². The Morgan fingerprint density at radius 2 is 1.22 bits per heavy atom. The average Bonchev–Trinajstić information content (AvgIpc) is 3.24. The summed E-state index contributed by atoms with van der Waals surface area (Å²) in [6.07, 6.45) is 0. The Labute approximate surface area is 369 Å². The molecule has 0 unspecified atom stereocenters. The van der Waals surface area contributed by atoms with Gasteiger partial charge in [-0.15, -0.1) is 0 Å². The van der Waals surface area contributed by atoms with Crippen molar-refractivity contribution in [3.05, 3.63) is 88.1 Å². The summed E-state index contributed by atoms with van der Waals surface area (Å²) in [6, 6.07) is 14.4. The molecule has 2 heterocycles. The van der Waals surface area contributed by atoms with Gasteiger partial charge in [0, 0.05) is 62.5 Å². The summed E-state index contributed by atoms with van der Waals surface area (Å²) in [4.78, 5) is 75.7. The molecule has 3 aromatic carbocycles. The molecule has 2 aliphatic heterocycles. The van der Waals surface area contributed by atoms with Gasteiger partial charge in [0.05, 0.1) is 24.6 Å². The van der Waals surface area contributed by atoms with Gasteiger partial charge in [-0.25, -0.2) is 8.78 Å². The third-order valence-electron chi connectivity index (χ3n) is 9.56. The van der Waals surface area contributed by atoms with Gasteiger partial charge >= 0.3 is 29.8 Å². The minimum Gasteiger partial charge on any atom is -0.488 e. The molecule has 0 spiro atoms. The number of halogens is 2. The Morgan fingerprint density at radius 1 is 0.646 bits per heavy atom. The van der Waals surface area contributed by atoms with Crippen molar-refractivity contribution in [3.63, 3.8) is 0 Å². The lowest BCUT2D eigenvalue weighted by atomic mass is 9.93. The topological polar surface area (TPSA) is 205 Å². The molecule has 3 aliphatic rings. The van der Waals surface area contributed by atoms with Crippen LogP contribution in [0.25, 0.3) is 33.4 Å². The number of nitrogens with zero attached hydrogens (tertiary/aromatic N) is 2. The summed E-state index contributed by atoms with van der Waals surface area (Å²) in [6.45, 7) is 3.06. The standard InChI is InChI=1S/C45H44F2N2O16/c1-26-5-7-35-41(15-26)57-13-14-58-42-16-30(45-31-17-33(46)37(53)19-38(31)65-39-20-40(34(47)18-32(39)45)62-23-59-27(2)50)6-8-36(42)49(22-44(55)64-25-61-29(4)52)10-12-56-11-9-48(35)21-43(54)63-24-60-28(3)51/h5-8,15-20H,9-14,21-25H2,1-4H3. The maximum Gasteiger partial charge on any atom is 0.328 e. The second kappa shape index (κ2) is 21.7. The van der Waals surface area contributed by atoms with Gasteiger partial charge in [0.25, 0.3) is 0 Å². The first-order valence-electron chi connectivity index (χ1n) is 20.0. The number of hydrogen-bond donors (Lipinski definition) is 0. The molecular formula is C45H44F2N2O16. The largest absolute Gasteiger partial charge is 0.488 e. The molecule has 0 saturated heterocycles. The number of carbonyl (C=O) groups excluding carboxylic acids is 5. The van der Waals surface area contributed by atoms with Crippen molar-refractivity contribution in [1.29, 1.82) is 0 Å². The number of carbonyl (C=O) groups is 5. The fraction of sp³-hybridized carbons (Fsp3) is 0.333. The Bertz CT molecular complexity index is 2600. The molecule has 3 aromatic rings. The molecule has 0 bridgehead atoms. The van der Waals surface area contributed by atoms with Crippen LogP contribution in [-0.4, -0.2) is 103 Å². The van der Waals surface area contributed by atoms with E-state index in [0.717, 1.165) is 37.6 Å². The summed E-state index contributed by atoms with van der Waals surface area (Å²) in [5.41, 5.74) is 1.46. The second-order valence-electron chi connectivity index (χ2n) is 14.3. The number of aryl methyl sites for hydroxylation is 1. The predicted molar refractivity (Wildman–Crippen MR) is 225 cm³/mol. The van der Waals surface area contributed by atoms with E-state index in [9.17, 15) is 28.8 Å². The molecule has 65 heavy (non-hydrogen) atoms. The summed E-state index contributed by atoms with van der Waals surface area (Å²) in [7, 11) is 0. The molecule has 20 heteroatoms. The Hall–Kier alpha value is -7.48. The fourth-order valence-electron chi connectivity index (χ4n) is 6.62. The number of hydrogen-bond acceptors (Lipinski definition) is 18. The van der Waals surface area contributed by atoms with Crippen LogP contribution in [0, 0.1) is 18.6 Å². The van der Waals surface area contributed by atoms with E-state index in [4.69, 9.17) is 47.0 Å². The quantitative estimate of drug-likeness (QED) is 0.0676. The predicted octanol–water partition coefficient (Wildman–Crippen LogP) is 5.28. The molecule has 0 N–H and O–H groups in total. The van der Waals surface area contributed by atoms with Crippen LogP contribution < -0.4 is 29.4 Å². The fourth-order valence-corrected chi connectivity index (χ4v) is 6.62. The van der Waals surface area contributed by atoms with Crippen molar-refractivity contribution in [2.75, 3.05) is 82.8 Å². The van der Waals surface area contributed by atoms with E-state index in [-0.39, 0.29) is 85.4 Å². The van der Waals surface area contributed by atoms with Crippen LogP contribution in [0.4, 0.5) is 20.2 Å². The van der Waals surface area contributed by atoms with Crippen molar-refractivity contribution >= 4 is 52.2 Å². The van der Waals surface area contributed by atoms with E-state index in [0.29, 0.717) is 22.7 Å². The minimum absolute atomic E-state index is 0.0216. The molecule has 0 amide bonds. The summed E-state index contributed by atoms with van der Waals surface area (Å²) < 4.78 is 85.3. The molecule has 0 saturated carbocycles. The van der Waals surface area contributed by atoms with Crippen LogP contribution in [0.15, 0.2) is 69.9 Å². The van der Waals surface area contributed by atoms with Gasteiger partial charge < -0.3 is 56.8 Å². The number of anilines is 2. The Balaban J connectivity index is 1.41. The zero-order valence-electron chi connectivity index (χ0n) is 35.7. The summed E-state index contributed by atoms with van der Waals surface area (Å²) >= 11 is 0. The highest BCUT2D eigenvalue weighted by Gasteiger charge is 2.25. The third-order valence-corrected chi connectivity index (χ3v) is 9.56. The normalized spacial score (nSPS) is 13.2. The molecule has 6 rings (SSSR count). The lowest BCUT2D eigenvalue weighted by Crippen LogP contribution is -2.36. The van der Waals surface area contributed by atoms with Crippen LogP contribution >= 0.6 is 0 Å². The van der Waals surface area contributed by atoms with Crippen molar-refractivity contribution in [3.8, 4) is 39.7 Å². The average molecular weight is 907 g/mol. The molecule has 344 valence electrons. The zero-order chi connectivity index (χ0) is 46.6. The van der Waals surface area contributed by atoms with Crippen molar-refractivity contribution in [2.24, 2.45) is 0 Å². The second-order valence-corrected chi connectivity index (χ2v) is 14.3. The number of esters is 5. The number of ether oxygens (including phenoxy) is 9. The van der Waals surface area contributed by atoms with Crippen LogP contribution in [0.1, 0.15) is 26.3 Å². The first-order chi connectivity index (χ1) is 31.2. The van der Waals surface area contributed by atoms with E-state index in [2.05, 4.69) is 0 Å². The monoisotopic (exact) mass is 906 g/mol. The number of benzene rings is 4. The zero-order valence-corrected chi connectivity index (χ0v) is 35.7. The molecule has 0 aromatic heterocycles. The molecule has 1 aliphatic carbocycles. The van der Waals surface area contributed by atoms with Gasteiger partial charge in [0.1, 0.15) is 49.1 Å². The highest BCUT2D eigenvalue weighted by Crippen LogP contribution is 2.44. The highest BCUT2D eigenvalue weighted by molar-refractivity contribution is 6.02. The lowest BCUT2D eigenvalue weighted by molar-refractivity contribution is -0.166. The van der Waals surface area contributed by atoms with Gasteiger partial charge in [-0.2, -0.15) is 0 Å². The Kier molecular flexibility index (Phi) is 15.7. The van der Waals surface area contributed by atoms with Crippen LogP contribution in [0.5, 0.6) is 17.2 Å². The molecule has 18 nitrogen and oxygen atoms in total. The lowest BCUT2D eigenvalue weighted by Gasteiger charge is -2.27. The smallest absolute Gasteiger partial charge is 0.328 e. The number of rotatable bonds is 12. The van der Waals surface area contributed by atoms with Crippen molar-refractivity contribution in [1.82, 2.24) is 0 Å². The third kappa shape index (κ3) is 12.6. The van der Waals surface area contributed by atoms with Crippen LogP contribution in [-0.2, 0) is 52.4 Å². The van der Waals surface area contributed by atoms with Gasteiger partial charge in [-0.1, -0.05) is 12.1 Å². The first-order valence-corrected chi connectivity index (χ1v) is 20.0. The van der Waals surface area contributed by atoms with E-state index in [1.54, 1.807) is 40.1 Å². The minimum atomic E-state index is -1.09. The molecular weight excluding hydrogens is 862 g/mol. The van der Waals surface area contributed by atoms with E-state index < -0.39 is 73.8 Å². The van der Waals surface area contributed by atoms with Crippen molar-refractivity contribution in [2.45, 2.75) is 27.7 Å². The molecule has 0 radical (unpaired) electrons. The van der Waals surface area contributed by atoms with Gasteiger partial charge in [-0.05, 0) is 54.4 Å². The van der Waals surface area contributed by atoms with E-state index >= 15 is 8.78 Å². The maximum absolute atomic E-state index is 15.7.